The van der Waals surface area contributed by atoms with Crippen molar-refractivity contribution in [3.8, 4) is 0 Å². The Balaban J connectivity index is 3.13. The number of benzene rings is 1. The van der Waals surface area contributed by atoms with Crippen molar-refractivity contribution in [2.45, 2.75) is 6.92 Å². The van der Waals surface area contributed by atoms with Crippen LogP contribution in [0.15, 0.2) is 18.2 Å². The standard InChI is InChI=1S/C7H8ClNO2/c1-5-2-3-6(8)4-7(5)9(10)11/h2-4,9-10H,1H3. The van der Waals surface area contributed by atoms with E-state index in [1.54, 1.807) is 19.1 Å². The first-order valence-corrected chi connectivity index (χ1v) is 3.48. The van der Waals surface area contributed by atoms with Crippen LogP contribution in [0.3, 0.4) is 0 Å². The summed E-state index contributed by atoms with van der Waals surface area (Å²) >= 11 is 5.60. The lowest BCUT2D eigenvalue weighted by Gasteiger charge is -2.13. The van der Waals surface area contributed by atoms with Gasteiger partial charge in [-0.05, 0) is 13.0 Å². The maximum atomic E-state index is 10.5. The number of hydrogen-bond donors (Lipinski definition) is 2. The fourth-order valence-corrected chi connectivity index (χ4v) is 0.997. The molecule has 0 saturated heterocycles. The number of halogens is 1. The third-order valence-corrected chi connectivity index (χ3v) is 1.67. The molecule has 0 amide bonds. The van der Waals surface area contributed by atoms with Crippen LogP contribution in [-0.4, -0.2) is 5.21 Å². The summed E-state index contributed by atoms with van der Waals surface area (Å²) < 4.78 is 0. The first-order valence-electron chi connectivity index (χ1n) is 3.10. The predicted octanol–water partition coefficient (Wildman–Crippen LogP) is 1.05. The summed E-state index contributed by atoms with van der Waals surface area (Å²) in [6.07, 6.45) is 0. The molecule has 1 atom stereocenters. The van der Waals surface area contributed by atoms with Gasteiger partial charge in [0.25, 0.3) is 0 Å². The Morgan fingerprint density at radius 3 is 2.64 bits per heavy atom. The number of aryl methyl sites for hydroxylation is 1. The second-order valence-corrected chi connectivity index (χ2v) is 2.70. The minimum Gasteiger partial charge on any atom is -0.595 e. The Bertz CT molecular complexity index is 263. The second kappa shape index (κ2) is 3.19. The lowest BCUT2D eigenvalue weighted by Crippen LogP contribution is -2.99. The fourth-order valence-electron chi connectivity index (χ4n) is 0.825. The molecule has 0 aliphatic carbocycles. The average molecular weight is 174 g/mol. The van der Waals surface area contributed by atoms with E-state index >= 15 is 0 Å². The van der Waals surface area contributed by atoms with Crippen molar-refractivity contribution in [3.63, 3.8) is 0 Å². The Morgan fingerprint density at radius 2 is 2.18 bits per heavy atom. The van der Waals surface area contributed by atoms with E-state index in [1.165, 1.54) is 6.07 Å². The van der Waals surface area contributed by atoms with E-state index < -0.39 is 5.23 Å². The SMILES string of the molecule is Cc1ccc(Cl)cc1[NH+]([O-])O. The number of hydrogen-bond acceptors (Lipinski definition) is 2. The van der Waals surface area contributed by atoms with E-state index in [0.29, 0.717) is 5.02 Å². The Morgan fingerprint density at radius 1 is 1.55 bits per heavy atom. The molecule has 3 nitrogen and oxygen atoms in total. The molecule has 1 aromatic rings. The Hall–Kier alpha value is -0.610. The third kappa shape index (κ3) is 1.91. The largest absolute Gasteiger partial charge is 0.595 e. The number of nitrogens with one attached hydrogen (secondary N) is 1. The van der Waals surface area contributed by atoms with E-state index in [2.05, 4.69) is 0 Å². The van der Waals surface area contributed by atoms with E-state index in [-0.39, 0.29) is 5.69 Å². The van der Waals surface area contributed by atoms with Gasteiger partial charge in [0.2, 0.25) is 0 Å². The van der Waals surface area contributed by atoms with Gasteiger partial charge >= 0.3 is 0 Å². The normalized spacial score (nSPS) is 13.1. The molecule has 0 bridgehead atoms. The Labute approximate surface area is 69.4 Å². The van der Waals surface area contributed by atoms with Crippen molar-refractivity contribution in [1.82, 2.24) is 0 Å². The van der Waals surface area contributed by atoms with Crippen LogP contribution in [0, 0.1) is 12.1 Å². The van der Waals surface area contributed by atoms with Gasteiger partial charge in [0.15, 0.2) is 5.69 Å². The molecule has 1 unspecified atom stereocenters. The fraction of sp³-hybridized carbons (Fsp3) is 0.143. The van der Waals surface area contributed by atoms with E-state index in [4.69, 9.17) is 16.8 Å². The summed E-state index contributed by atoms with van der Waals surface area (Å²) in [6.45, 7) is 1.74. The highest BCUT2D eigenvalue weighted by Crippen LogP contribution is 2.16. The van der Waals surface area contributed by atoms with Crippen molar-refractivity contribution < 1.29 is 10.4 Å². The second-order valence-electron chi connectivity index (χ2n) is 2.26. The van der Waals surface area contributed by atoms with Crippen molar-refractivity contribution in [2.24, 2.45) is 0 Å². The smallest absolute Gasteiger partial charge is 0.168 e. The van der Waals surface area contributed by atoms with Gasteiger partial charge in [-0.1, -0.05) is 17.7 Å². The van der Waals surface area contributed by atoms with Crippen LogP contribution in [0.5, 0.6) is 0 Å². The summed E-state index contributed by atoms with van der Waals surface area (Å²) in [6, 6.07) is 4.80. The zero-order valence-corrected chi connectivity index (χ0v) is 6.72. The molecule has 0 saturated carbocycles. The first-order chi connectivity index (χ1) is 5.11. The Kier molecular flexibility index (Phi) is 2.46. The lowest BCUT2D eigenvalue weighted by molar-refractivity contribution is -0.991. The molecule has 0 heterocycles. The predicted molar refractivity (Wildman–Crippen MR) is 42.0 cm³/mol. The van der Waals surface area contributed by atoms with Gasteiger partial charge in [0.1, 0.15) is 0 Å². The molecule has 0 fully saturated rings. The van der Waals surface area contributed by atoms with E-state index in [1.807, 2.05) is 0 Å². The maximum Gasteiger partial charge on any atom is 0.168 e. The highest BCUT2D eigenvalue weighted by atomic mass is 35.5. The van der Waals surface area contributed by atoms with Crippen molar-refractivity contribution in [1.29, 1.82) is 0 Å². The van der Waals surface area contributed by atoms with Crippen LogP contribution < -0.4 is 5.23 Å². The summed E-state index contributed by atoms with van der Waals surface area (Å²) in [4.78, 5) is 0. The summed E-state index contributed by atoms with van der Waals surface area (Å²) in [7, 11) is 0. The minimum atomic E-state index is -0.940. The molecule has 0 aliphatic heterocycles. The van der Waals surface area contributed by atoms with Crippen LogP contribution in [0.1, 0.15) is 5.56 Å². The van der Waals surface area contributed by atoms with E-state index in [0.717, 1.165) is 5.56 Å². The van der Waals surface area contributed by atoms with Crippen LogP contribution in [0.4, 0.5) is 5.69 Å². The summed E-state index contributed by atoms with van der Waals surface area (Å²) in [5, 5.41) is 18.7. The average Bonchev–Trinajstić information content (AvgIpc) is 1.94. The molecule has 1 aromatic carbocycles. The molecule has 11 heavy (non-hydrogen) atoms. The van der Waals surface area contributed by atoms with Crippen LogP contribution >= 0.6 is 11.6 Å². The van der Waals surface area contributed by atoms with Crippen molar-refractivity contribution in [2.75, 3.05) is 0 Å². The molecule has 0 radical (unpaired) electrons. The van der Waals surface area contributed by atoms with Crippen molar-refractivity contribution in [3.05, 3.63) is 34.0 Å². The van der Waals surface area contributed by atoms with Gasteiger partial charge in [-0.3, -0.25) is 0 Å². The molecule has 4 heteroatoms. The maximum absolute atomic E-state index is 10.5. The quantitative estimate of drug-likeness (QED) is 0.624. The van der Waals surface area contributed by atoms with Gasteiger partial charge < -0.3 is 5.21 Å². The number of rotatable bonds is 1. The van der Waals surface area contributed by atoms with Gasteiger partial charge in [-0.25, -0.2) is 5.21 Å². The monoisotopic (exact) mass is 173 g/mol. The van der Waals surface area contributed by atoms with Crippen LogP contribution in [0.2, 0.25) is 5.02 Å². The van der Waals surface area contributed by atoms with Gasteiger partial charge in [-0.2, -0.15) is 5.23 Å². The lowest BCUT2D eigenvalue weighted by atomic mass is 10.2. The summed E-state index contributed by atoms with van der Waals surface area (Å²) in [5.74, 6) is 0. The van der Waals surface area contributed by atoms with Gasteiger partial charge in [0, 0.05) is 16.7 Å². The molecule has 60 valence electrons. The zero-order chi connectivity index (χ0) is 8.43. The third-order valence-electron chi connectivity index (χ3n) is 1.43. The molecular weight excluding hydrogens is 166 g/mol. The molecule has 1 rings (SSSR count). The highest BCUT2D eigenvalue weighted by Gasteiger charge is 2.04. The molecule has 0 aromatic heterocycles. The first kappa shape index (κ1) is 8.49. The molecule has 0 aliphatic rings. The highest BCUT2D eigenvalue weighted by molar-refractivity contribution is 6.30. The molecule has 0 spiro atoms. The van der Waals surface area contributed by atoms with E-state index in [9.17, 15) is 5.21 Å². The summed E-state index contributed by atoms with van der Waals surface area (Å²) in [5.41, 5.74) is 0.986. The van der Waals surface area contributed by atoms with Crippen LogP contribution in [-0.2, 0) is 0 Å². The van der Waals surface area contributed by atoms with Gasteiger partial charge in [-0.15, -0.1) is 0 Å². The number of quaternary nitrogens is 1. The molecule has 2 N–H and O–H groups in total. The zero-order valence-electron chi connectivity index (χ0n) is 5.97. The van der Waals surface area contributed by atoms with Gasteiger partial charge in [0.05, 0.1) is 0 Å². The van der Waals surface area contributed by atoms with Crippen LogP contribution in [0.25, 0.3) is 0 Å². The molecular formula is C7H8ClNO2. The van der Waals surface area contributed by atoms with Crippen molar-refractivity contribution >= 4 is 17.3 Å². The topological polar surface area (TPSA) is 47.7 Å². The minimum absolute atomic E-state index is 0.262.